The molecule has 7 nitrogen and oxygen atoms in total. The Balaban J connectivity index is 1.34. The van der Waals surface area contributed by atoms with Gasteiger partial charge in [0.2, 0.25) is 5.95 Å². The van der Waals surface area contributed by atoms with Crippen LogP contribution in [0, 0.1) is 18.3 Å². The van der Waals surface area contributed by atoms with Gasteiger partial charge in [-0.1, -0.05) is 0 Å². The van der Waals surface area contributed by atoms with Crippen molar-refractivity contribution < 1.29 is 0 Å². The van der Waals surface area contributed by atoms with Crippen molar-refractivity contribution in [1.82, 2.24) is 19.9 Å². The first-order valence-corrected chi connectivity index (χ1v) is 10.1. The van der Waals surface area contributed by atoms with Crippen LogP contribution in [0.15, 0.2) is 48.8 Å². The molecule has 2 saturated heterocycles. The van der Waals surface area contributed by atoms with E-state index < -0.39 is 0 Å². The number of nitrogens with zero attached hydrogens (tertiary/aromatic N) is 6. The second kappa shape index (κ2) is 7.39. The lowest BCUT2D eigenvalue weighted by molar-refractivity contribution is 0.292. The number of rotatable bonds is 4. The zero-order chi connectivity index (χ0) is 20.7. The molecule has 1 N–H and O–H groups in total. The Kier molecular flexibility index (Phi) is 4.57. The van der Waals surface area contributed by atoms with Gasteiger partial charge in [0.25, 0.3) is 0 Å². The van der Waals surface area contributed by atoms with Crippen LogP contribution in [0.1, 0.15) is 17.7 Å². The fourth-order valence-corrected chi connectivity index (χ4v) is 4.54. The number of likely N-dealkylation sites (N-methyl/N-ethyl adjacent to an activating group) is 1. The van der Waals surface area contributed by atoms with Crippen molar-refractivity contribution >= 4 is 17.3 Å². The van der Waals surface area contributed by atoms with E-state index in [2.05, 4.69) is 62.2 Å². The number of nitriles is 1. The average Bonchev–Trinajstić information content (AvgIpc) is 3.34. The Labute approximate surface area is 176 Å². The normalized spacial score (nSPS) is 20.4. The minimum Gasteiger partial charge on any atom is -0.365 e. The van der Waals surface area contributed by atoms with E-state index in [1.807, 2.05) is 18.2 Å². The molecule has 3 aromatic rings. The quantitative estimate of drug-likeness (QED) is 0.723. The maximum absolute atomic E-state index is 8.91. The van der Waals surface area contributed by atoms with Gasteiger partial charge in [0.05, 0.1) is 5.69 Å². The van der Waals surface area contributed by atoms with Crippen molar-refractivity contribution in [2.45, 2.75) is 25.4 Å². The summed E-state index contributed by atoms with van der Waals surface area (Å²) in [4.78, 5) is 18.1. The number of pyridine rings is 1. The molecule has 0 saturated carbocycles. The second-order valence-corrected chi connectivity index (χ2v) is 8.07. The molecule has 2 bridgehead atoms. The van der Waals surface area contributed by atoms with E-state index in [4.69, 9.17) is 5.26 Å². The largest absolute Gasteiger partial charge is 0.365 e. The van der Waals surface area contributed by atoms with E-state index in [0.29, 0.717) is 23.7 Å². The first-order chi connectivity index (χ1) is 14.6. The number of piperazine rings is 1. The Hall–Kier alpha value is -3.50. The van der Waals surface area contributed by atoms with Crippen LogP contribution in [0.2, 0.25) is 0 Å². The fourth-order valence-electron chi connectivity index (χ4n) is 4.54. The third kappa shape index (κ3) is 3.36. The van der Waals surface area contributed by atoms with Gasteiger partial charge in [-0.2, -0.15) is 5.26 Å². The molecule has 2 atom stereocenters. The maximum Gasteiger partial charge on any atom is 0.227 e. The van der Waals surface area contributed by atoms with Crippen LogP contribution >= 0.6 is 0 Å². The van der Waals surface area contributed by atoms with Gasteiger partial charge >= 0.3 is 0 Å². The SMILES string of the molecule is Cc1cc(Nc2nccc(-c3ccc(C#N)nc3)n2)ccc1N1CC2CC1CN2C. The maximum atomic E-state index is 8.91. The van der Waals surface area contributed by atoms with E-state index in [1.165, 1.54) is 17.7 Å². The molecule has 2 aliphatic heterocycles. The van der Waals surface area contributed by atoms with Gasteiger partial charge in [0.15, 0.2) is 0 Å². The highest BCUT2D eigenvalue weighted by Crippen LogP contribution is 2.36. The minimum atomic E-state index is 0.389. The molecule has 2 unspecified atom stereocenters. The molecule has 2 aliphatic rings. The zero-order valence-electron chi connectivity index (χ0n) is 17.1. The molecule has 0 spiro atoms. The van der Waals surface area contributed by atoms with E-state index in [-0.39, 0.29) is 0 Å². The molecule has 4 heterocycles. The number of hydrogen-bond acceptors (Lipinski definition) is 7. The summed E-state index contributed by atoms with van der Waals surface area (Å²) in [5.74, 6) is 0.533. The van der Waals surface area contributed by atoms with Crippen LogP contribution in [0.5, 0.6) is 0 Å². The Morgan fingerprint density at radius 1 is 1.10 bits per heavy atom. The molecule has 5 rings (SSSR count). The van der Waals surface area contributed by atoms with Gasteiger partial charge in [-0.15, -0.1) is 0 Å². The minimum absolute atomic E-state index is 0.389. The molecule has 0 aliphatic carbocycles. The summed E-state index contributed by atoms with van der Waals surface area (Å²) in [7, 11) is 2.23. The van der Waals surface area contributed by atoms with Crippen molar-refractivity contribution in [3.63, 3.8) is 0 Å². The summed E-state index contributed by atoms with van der Waals surface area (Å²) in [5, 5.41) is 12.2. The zero-order valence-corrected chi connectivity index (χ0v) is 17.1. The third-order valence-electron chi connectivity index (χ3n) is 6.11. The van der Waals surface area contributed by atoms with Crippen LogP contribution in [0.3, 0.4) is 0 Å². The Morgan fingerprint density at radius 3 is 2.67 bits per heavy atom. The average molecular weight is 397 g/mol. The van der Waals surface area contributed by atoms with Crippen LogP contribution in [0.4, 0.5) is 17.3 Å². The highest BCUT2D eigenvalue weighted by Gasteiger charge is 2.41. The van der Waals surface area contributed by atoms with Gasteiger partial charge in [0, 0.05) is 54.5 Å². The summed E-state index contributed by atoms with van der Waals surface area (Å²) in [6, 6.07) is 15.2. The number of benzene rings is 1. The van der Waals surface area contributed by atoms with Crippen LogP contribution in [-0.4, -0.2) is 52.1 Å². The third-order valence-corrected chi connectivity index (χ3v) is 6.11. The second-order valence-electron chi connectivity index (χ2n) is 8.07. The molecule has 1 aromatic carbocycles. The number of hydrogen-bond donors (Lipinski definition) is 1. The van der Waals surface area contributed by atoms with E-state index in [0.717, 1.165) is 30.0 Å². The first kappa shape index (κ1) is 18.5. The number of anilines is 3. The van der Waals surface area contributed by atoms with Crippen LogP contribution in [0.25, 0.3) is 11.3 Å². The Morgan fingerprint density at radius 2 is 2.00 bits per heavy atom. The van der Waals surface area contributed by atoms with Crippen LogP contribution < -0.4 is 10.2 Å². The predicted molar refractivity (Wildman–Crippen MR) is 117 cm³/mol. The molecule has 7 heteroatoms. The molecule has 2 aromatic heterocycles. The number of nitrogens with one attached hydrogen (secondary N) is 1. The van der Waals surface area contributed by atoms with Gasteiger partial charge < -0.3 is 10.2 Å². The summed E-state index contributed by atoms with van der Waals surface area (Å²) < 4.78 is 0. The van der Waals surface area contributed by atoms with E-state index >= 15 is 0 Å². The molecule has 30 heavy (non-hydrogen) atoms. The molecule has 150 valence electrons. The van der Waals surface area contributed by atoms with Gasteiger partial charge in [-0.3, -0.25) is 4.90 Å². The Bertz CT molecular complexity index is 1120. The summed E-state index contributed by atoms with van der Waals surface area (Å²) in [5.41, 5.74) is 5.53. The number of fused-ring (bicyclic) bond motifs is 2. The van der Waals surface area contributed by atoms with Crippen molar-refractivity contribution in [3.05, 3.63) is 60.0 Å². The van der Waals surface area contributed by atoms with Crippen LogP contribution in [-0.2, 0) is 0 Å². The molecule has 0 radical (unpaired) electrons. The van der Waals surface area contributed by atoms with Crippen molar-refractivity contribution in [2.75, 3.05) is 30.4 Å². The first-order valence-electron chi connectivity index (χ1n) is 10.1. The number of aromatic nitrogens is 3. The van der Waals surface area contributed by atoms with E-state index in [9.17, 15) is 0 Å². The highest BCUT2D eigenvalue weighted by molar-refractivity contribution is 5.66. The van der Waals surface area contributed by atoms with Gasteiger partial charge in [0.1, 0.15) is 11.8 Å². The molecule has 0 amide bonds. The topological polar surface area (TPSA) is 81.0 Å². The van der Waals surface area contributed by atoms with Gasteiger partial charge in [-0.25, -0.2) is 15.0 Å². The highest BCUT2D eigenvalue weighted by atomic mass is 15.3. The van der Waals surface area contributed by atoms with Crippen molar-refractivity contribution in [1.29, 1.82) is 5.26 Å². The fraction of sp³-hybridized carbons (Fsp3) is 0.304. The lowest BCUT2D eigenvalue weighted by Gasteiger charge is -2.34. The number of likely N-dealkylation sites (tertiary alicyclic amines) is 1. The monoisotopic (exact) mass is 397 g/mol. The summed E-state index contributed by atoms with van der Waals surface area (Å²) in [6.07, 6.45) is 4.65. The van der Waals surface area contributed by atoms with Crippen molar-refractivity contribution in [2.24, 2.45) is 0 Å². The standard InChI is InChI=1S/C23H23N7/c1-15-9-17(5-6-22(15)30-14-19-10-20(30)13-29(19)2)27-23-25-8-7-21(28-23)16-3-4-18(11-24)26-12-16/h3-9,12,19-20H,10,13-14H2,1-2H3,(H,25,27,28). The smallest absolute Gasteiger partial charge is 0.227 e. The molecule has 2 fully saturated rings. The summed E-state index contributed by atoms with van der Waals surface area (Å²) >= 11 is 0. The summed E-state index contributed by atoms with van der Waals surface area (Å²) in [6.45, 7) is 4.42. The number of aryl methyl sites for hydroxylation is 1. The van der Waals surface area contributed by atoms with Gasteiger partial charge in [-0.05, 0) is 62.4 Å². The van der Waals surface area contributed by atoms with Crippen molar-refractivity contribution in [3.8, 4) is 17.3 Å². The molecular formula is C23H23N7. The lowest BCUT2D eigenvalue weighted by Crippen LogP contribution is -2.44. The molecular weight excluding hydrogens is 374 g/mol. The lowest BCUT2D eigenvalue weighted by atomic mass is 10.1. The predicted octanol–water partition coefficient (Wildman–Crippen LogP) is 3.36. The van der Waals surface area contributed by atoms with E-state index in [1.54, 1.807) is 18.5 Å².